The molecule has 0 fully saturated rings. The third-order valence-corrected chi connectivity index (χ3v) is 3.84. The number of aromatic amines is 1. The smallest absolute Gasteiger partial charge is 0.262 e. The highest BCUT2D eigenvalue weighted by atomic mass is 32.1. The normalized spacial score (nSPS) is 10.4. The molecule has 2 N–H and O–H groups in total. The highest BCUT2D eigenvalue weighted by Crippen LogP contribution is 2.27. The predicted molar refractivity (Wildman–Crippen MR) is 79.5 cm³/mol. The van der Waals surface area contributed by atoms with E-state index in [9.17, 15) is 4.79 Å². The number of amides is 1. The molecule has 0 saturated carbocycles. The maximum atomic E-state index is 12.3. The molecule has 0 bridgehead atoms. The molecule has 0 aliphatic heterocycles. The van der Waals surface area contributed by atoms with Crippen LogP contribution in [0.1, 0.15) is 15.5 Å². The molecule has 0 spiro atoms. The Kier molecular flexibility index (Phi) is 3.60. The first-order chi connectivity index (χ1) is 9.84. The maximum absolute atomic E-state index is 12.3. The summed E-state index contributed by atoms with van der Waals surface area (Å²) >= 11 is 1.45. The van der Waals surface area contributed by atoms with Crippen LogP contribution >= 0.6 is 11.3 Å². The van der Waals surface area contributed by atoms with Crippen molar-refractivity contribution in [3.8, 4) is 11.1 Å². The summed E-state index contributed by atoms with van der Waals surface area (Å²) in [5.74, 6) is 0.673. The lowest BCUT2D eigenvalue weighted by molar-refractivity contribution is 0.0954. The number of carbonyl (C=O) groups excluding carboxylic acids is 1. The maximum Gasteiger partial charge on any atom is 0.262 e. The van der Waals surface area contributed by atoms with Crippen LogP contribution in [0.2, 0.25) is 0 Å². The van der Waals surface area contributed by atoms with Gasteiger partial charge in [0.2, 0.25) is 0 Å². The number of H-pyrrole nitrogens is 1. The summed E-state index contributed by atoms with van der Waals surface area (Å²) in [6.45, 7) is 0.401. The van der Waals surface area contributed by atoms with Gasteiger partial charge in [0.05, 0.1) is 11.4 Å². The van der Waals surface area contributed by atoms with Crippen LogP contribution in [0.15, 0.2) is 54.2 Å². The summed E-state index contributed by atoms with van der Waals surface area (Å²) in [5, 5.41) is 4.81. The number of benzene rings is 1. The van der Waals surface area contributed by atoms with Crippen molar-refractivity contribution in [2.24, 2.45) is 0 Å². The summed E-state index contributed by atoms with van der Waals surface area (Å²) in [6, 6.07) is 11.9. The molecule has 0 atom stereocenters. The average Bonchev–Trinajstić information content (AvgIpc) is 3.17. The molecule has 0 saturated heterocycles. The van der Waals surface area contributed by atoms with E-state index in [1.807, 2.05) is 41.8 Å². The second-order valence-electron chi connectivity index (χ2n) is 4.25. The number of hydrogen-bond acceptors (Lipinski definition) is 3. The Bertz CT molecular complexity index is 689. The number of rotatable bonds is 4. The Morgan fingerprint density at radius 1 is 1.25 bits per heavy atom. The Balaban J connectivity index is 1.77. The van der Waals surface area contributed by atoms with Gasteiger partial charge in [0, 0.05) is 18.0 Å². The van der Waals surface area contributed by atoms with Gasteiger partial charge in [0.1, 0.15) is 5.82 Å². The van der Waals surface area contributed by atoms with E-state index in [0.29, 0.717) is 6.54 Å². The van der Waals surface area contributed by atoms with Gasteiger partial charge < -0.3 is 10.3 Å². The van der Waals surface area contributed by atoms with Gasteiger partial charge in [-0.2, -0.15) is 0 Å². The lowest BCUT2D eigenvalue weighted by Crippen LogP contribution is -2.22. The SMILES string of the molecule is O=C(NCc1ncc[nH]1)c1sccc1-c1ccccc1. The molecule has 100 valence electrons. The summed E-state index contributed by atoms with van der Waals surface area (Å²) in [6.07, 6.45) is 3.41. The third kappa shape index (κ3) is 2.62. The molecule has 1 amide bonds. The number of aromatic nitrogens is 2. The summed E-state index contributed by atoms with van der Waals surface area (Å²) in [4.78, 5) is 20.0. The van der Waals surface area contributed by atoms with Gasteiger partial charge in [-0.25, -0.2) is 4.98 Å². The summed E-state index contributed by atoms with van der Waals surface area (Å²) < 4.78 is 0. The second-order valence-corrected chi connectivity index (χ2v) is 5.16. The third-order valence-electron chi connectivity index (χ3n) is 2.93. The molecule has 1 aromatic carbocycles. The van der Waals surface area contributed by atoms with E-state index in [1.165, 1.54) is 11.3 Å². The van der Waals surface area contributed by atoms with E-state index in [-0.39, 0.29) is 5.91 Å². The topological polar surface area (TPSA) is 57.8 Å². The number of carbonyl (C=O) groups is 1. The molecule has 2 heterocycles. The van der Waals surface area contributed by atoms with Crippen LogP contribution in [-0.2, 0) is 6.54 Å². The lowest BCUT2D eigenvalue weighted by Gasteiger charge is -2.05. The first-order valence-corrected chi connectivity index (χ1v) is 7.12. The van der Waals surface area contributed by atoms with Gasteiger partial charge >= 0.3 is 0 Å². The minimum atomic E-state index is -0.0738. The number of hydrogen-bond donors (Lipinski definition) is 2. The quantitative estimate of drug-likeness (QED) is 0.773. The lowest BCUT2D eigenvalue weighted by atomic mass is 10.1. The van der Waals surface area contributed by atoms with Gasteiger partial charge in [-0.15, -0.1) is 11.3 Å². The fourth-order valence-electron chi connectivity index (χ4n) is 1.97. The van der Waals surface area contributed by atoms with Crippen LogP contribution in [0.4, 0.5) is 0 Å². The van der Waals surface area contributed by atoms with E-state index in [2.05, 4.69) is 15.3 Å². The predicted octanol–water partition coefficient (Wildman–Crippen LogP) is 3.07. The van der Waals surface area contributed by atoms with Crippen molar-refractivity contribution < 1.29 is 4.79 Å². The molecule has 20 heavy (non-hydrogen) atoms. The van der Waals surface area contributed by atoms with Gasteiger partial charge in [-0.3, -0.25) is 4.79 Å². The minimum Gasteiger partial charge on any atom is -0.347 e. The van der Waals surface area contributed by atoms with E-state index in [0.717, 1.165) is 21.8 Å². The van der Waals surface area contributed by atoms with Crippen molar-refractivity contribution in [2.45, 2.75) is 6.54 Å². The standard InChI is InChI=1S/C15H13N3OS/c19-15(18-10-13-16-7-8-17-13)14-12(6-9-20-14)11-4-2-1-3-5-11/h1-9H,10H2,(H,16,17)(H,18,19). The Morgan fingerprint density at radius 2 is 2.10 bits per heavy atom. The molecule has 0 aliphatic carbocycles. The van der Waals surface area contributed by atoms with Crippen molar-refractivity contribution in [1.29, 1.82) is 0 Å². The van der Waals surface area contributed by atoms with Crippen LogP contribution < -0.4 is 5.32 Å². The largest absolute Gasteiger partial charge is 0.347 e. The first kappa shape index (κ1) is 12.6. The van der Waals surface area contributed by atoms with Crippen molar-refractivity contribution in [2.75, 3.05) is 0 Å². The van der Waals surface area contributed by atoms with E-state index in [1.54, 1.807) is 12.4 Å². The summed E-state index contributed by atoms with van der Waals surface area (Å²) in [7, 11) is 0. The molecule has 0 unspecified atom stereocenters. The minimum absolute atomic E-state index is 0.0738. The molecule has 0 aliphatic rings. The van der Waals surface area contributed by atoms with Crippen molar-refractivity contribution in [3.63, 3.8) is 0 Å². The monoisotopic (exact) mass is 283 g/mol. The second kappa shape index (κ2) is 5.71. The molecule has 3 aromatic rings. The number of nitrogens with zero attached hydrogens (tertiary/aromatic N) is 1. The van der Waals surface area contributed by atoms with Gasteiger partial charge in [0.25, 0.3) is 5.91 Å². The van der Waals surface area contributed by atoms with Crippen LogP contribution in [-0.4, -0.2) is 15.9 Å². The molecule has 5 heteroatoms. The van der Waals surface area contributed by atoms with Crippen molar-refractivity contribution >= 4 is 17.2 Å². The van der Waals surface area contributed by atoms with E-state index >= 15 is 0 Å². The number of thiophene rings is 1. The van der Waals surface area contributed by atoms with Gasteiger partial charge in [0.15, 0.2) is 0 Å². The highest BCUT2D eigenvalue weighted by molar-refractivity contribution is 7.12. The van der Waals surface area contributed by atoms with Crippen molar-refractivity contribution in [1.82, 2.24) is 15.3 Å². The average molecular weight is 283 g/mol. The molecule has 4 nitrogen and oxygen atoms in total. The number of nitrogens with one attached hydrogen (secondary N) is 2. The van der Waals surface area contributed by atoms with Crippen LogP contribution in [0.25, 0.3) is 11.1 Å². The van der Waals surface area contributed by atoms with Gasteiger partial charge in [-0.1, -0.05) is 30.3 Å². The molecule has 2 aromatic heterocycles. The van der Waals surface area contributed by atoms with Crippen LogP contribution in [0, 0.1) is 0 Å². The molecule has 0 radical (unpaired) electrons. The van der Waals surface area contributed by atoms with Gasteiger partial charge in [-0.05, 0) is 17.0 Å². The fourth-order valence-corrected chi connectivity index (χ4v) is 2.80. The molecular formula is C15H13N3OS. The molecule has 3 rings (SSSR count). The number of imidazole rings is 1. The Morgan fingerprint density at radius 3 is 2.85 bits per heavy atom. The zero-order chi connectivity index (χ0) is 13.8. The Labute approximate surface area is 120 Å². The first-order valence-electron chi connectivity index (χ1n) is 6.24. The molecular weight excluding hydrogens is 270 g/mol. The zero-order valence-corrected chi connectivity index (χ0v) is 11.5. The highest BCUT2D eigenvalue weighted by Gasteiger charge is 2.14. The Hall–Kier alpha value is -2.40. The zero-order valence-electron chi connectivity index (χ0n) is 10.7. The van der Waals surface area contributed by atoms with Crippen molar-refractivity contribution in [3.05, 3.63) is 64.9 Å². The van der Waals surface area contributed by atoms with E-state index in [4.69, 9.17) is 0 Å². The fraction of sp³-hybridized carbons (Fsp3) is 0.0667. The van der Waals surface area contributed by atoms with Crippen LogP contribution in [0.3, 0.4) is 0 Å². The van der Waals surface area contributed by atoms with E-state index < -0.39 is 0 Å². The summed E-state index contributed by atoms with van der Waals surface area (Å²) in [5.41, 5.74) is 2.02. The van der Waals surface area contributed by atoms with Crippen LogP contribution in [0.5, 0.6) is 0 Å².